The van der Waals surface area contributed by atoms with Gasteiger partial charge >= 0.3 is 0 Å². The molecule has 0 aromatic rings. The van der Waals surface area contributed by atoms with E-state index in [0.717, 1.165) is 0 Å². The number of hydrogen-bond donors (Lipinski definition) is 0. The molecule has 0 N–H and O–H groups in total. The third-order valence-corrected chi connectivity index (χ3v) is 0. The average molecular weight is 98.5 g/mol. The summed E-state index contributed by atoms with van der Waals surface area (Å²) in [5, 5.41) is 0. The smallest absolute Gasteiger partial charge is 0 e. The molecular formula is H16B4Na-4. The molecule has 0 unspecified atom stereocenters. The maximum atomic E-state index is 6.00. The molecule has 0 fully saturated rings. The molecule has 0 bridgehead atoms. The van der Waals surface area contributed by atoms with Crippen LogP contribution in [0.15, 0.2) is 0 Å². The second-order valence-corrected chi connectivity index (χ2v) is 0. The van der Waals surface area contributed by atoms with Gasteiger partial charge in [0.1, 0.15) is 0 Å². The standard InChI is InChI=1S/4BH4.Na/h4*1H4;/q4*-1;/i4*1D4;. The van der Waals surface area contributed by atoms with Crippen molar-refractivity contribution in [3.8, 4) is 0 Å². The van der Waals surface area contributed by atoms with Crippen molar-refractivity contribution >= 4 is 62.6 Å². The van der Waals surface area contributed by atoms with Gasteiger partial charge in [0.2, 0.25) is 0 Å². The van der Waals surface area contributed by atoms with Crippen molar-refractivity contribution in [3.63, 3.8) is 0 Å². The molecule has 33 valence electrons. The first-order chi connectivity index (χ1) is 8.00. The normalized spacial score (nSPS) is 51.2. The minimum absolute atomic E-state index is 0. The van der Waals surface area contributed by atoms with Gasteiger partial charge in [-0.05, 0) is 0 Å². The molecule has 1 radical (unpaired) electrons. The van der Waals surface area contributed by atoms with E-state index in [-0.39, 0.29) is 29.6 Å². The van der Waals surface area contributed by atoms with Crippen LogP contribution in [0.3, 0.4) is 0 Å². The Balaban J connectivity index is -0.0000000533. The zero-order chi connectivity index (χ0) is 18.0. The van der Waals surface area contributed by atoms with E-state index in [1.165, 1.54) is 0 Å². The molecule has 0 aromatic heterocycles. The summed E-state index contributed by atoms with van der Waals surface area (Å²) in [5.74, 6) is 0. The van der Waals surface area contributed by atoms with Crippen LogP contribution in [0.1, 0.15) is 0 Å². The molecule has 0 aromatic carbocycles. The summed E-state index contributed by atoms with van der Waals surface area (Å²) in [4.78, 5) is 0. The minimum atomic E-state index is -3.00. The summed E-state index contributed by atoms with van der Waals surface area (Å²) in [6.07, 6.45) is 0. The van der Waals surface area contributed by atoms with Gasteiger partial charge in [0.05, 0.1) is 0 Å². The van der Waals surface area contributed by atoms with Crippen LogP contribution in [0.5, 0.6) is 0 Å². The van der Waals surface area contributed by atoms with Crippen LogP contribution < -0.4 is 0 Å². The average Bonchev–Trinajstić information content (AvgIpc) is 1.62. The molecule has 0 saturated heterocycles. The first-order valence-corrected chi connectivity index (χ1v) is 0. The number of rotatable bonds is 0. The molecular weight excluding hydrogens is 66.2 g/mol. The van der Waals surface area contributed by atoms with Gasteiger partial charge < -0.3 is 0 Å². The summed E-state index contributed by atoms with van der Waals surface area (Å²) >= 11 is 0. The van der Waals surface area contributed by atoms with Crippen LogP contribution >= 0.6 is 0 Å². The monoisotopic (exact) mass is 99.3 g/mol. The summed E-state index contributed by atoms with van der Waals surface area (Å²) in [5.41, 5.74) is 0. The predicted molar refractivity (Wildman–Crippen MR) is 51.1 cm³/mol. The molecule has 0 aliphatic rings. The first kappa shape index (κ1) is 0.581. The molecule has 5 heavy (non-hydrogen) atoms. The molecule has 0 nitrogen and oxygen atoms in total. The van der Waals surface area contributed by atoms with Gasteiger partial charge in [0.15, 0.2) is 0 Å². The zero-order valence-electron chi connectivity index (χ0n) is 19.3. The molecule has 0 saturated carbocycles. The molecule has 0 atom stereocenters. The molecule has 0 spiro atoms. The molecule has 0 rings (SSSR count). The van der Waals surface area contributed by atoms with Gasteiger partial charge in [-0.15, -0.1) is 0 Å². The van der Waals surface area contributed by atoms with E-state index in [9.17, 15) is 0 Å². The van der Waals surface area contributed by atoms with Gasteiger partial charge in [-0.1, -0.05) is 33.1 Å². The topological polar surface area (TPSA) is 0 Å². The fraction of sp³-hybridized carbons (Fsp3) is 0. The second kappa shape index (κ2) is 60.1. The summed E-state index contributed by atoms with van der Waals surface area (Å²) in [6.45, 7) is 0. The molecule has 0 heterocycles. The quantitative estimate of drug-likeness (QED) is 0.265. The Morgan fingerprint density at radius 3 is 1.00 bits per heavy atom. The molecule has 0 amide bonds. The number of hydrogen-bond acceptors (Lipinski definition) is 0. The van der Waals surface area contributed by atoms with E-state index in [4.69, 9.17) is 21.4 Å². The van der Waals surface area contributed by atoms with Gasteiger partial charge in [-0.2, -0.15) is 0 Å². The zero-order valence-corrected chi connectivity index (χ0v) is 5.31. The van der Waals surface area contributed by atoms with E-state index in [1.54, 1.807) is 0 Å². The Labute approximate surface area is 84.8 Å². The molecule has 0 aliphatic heterocycles. The van der Waals surface area contributed by atoms with Crippen molar-refractivity contribution in [3.05, 3.63) is 0 Å². The largest absolute Gasteiger partial charge is 0.234 e. The van der Waals surface area contributed by atoms with Crippen LogP contribution in [0, 0.1) is 0 Å². The van der Waals surface area contributed by atoms with E-state index in [2.05, 4.69) is 0 Å². The second-order valence-electron chi connectivity index (χ2n) is 0. The first-order valence-electron chi connectivity index (χ1n) is 9.24. The Bertz CT molecular complexity index is 130. The van der Waals surface area contributed by atoms with Gasteiger partial charge in [0.25, 0.3) is 0 Å². The third kappa shape index (κ3) is 35.2. The fourth-order valence-electron chi connectivity index (χ4n) is 0. The van der Waals surface area contributed by atoms with Gasteiger partial charge in [-0.25, -0.2) is 21.4 Å². The predicted octanol–water partition coefficient (Wildman–Crippen LogP) is -6.19. The molecule has 5 heteroatoms. The van der Waals surface area contributed by atoms with Crippen LogP contribution in [-0.4, -0.2) is 84.0 Å². The Morgan fingerprint density at radius 1 is 1.00 bits per heavy atom. The molecule has 0 aliphatic carbocycles. The van der Waals surface area contributed by atoms with Crippen molar-refractivity contribution in [1.29, 1.82) is 21.4 Å². The van der Waals surface area contributed by atoms with Crippen LogP contribution in [-0.2, 0) is 0 Å². The van der Waals surface area contributed by atoms with Crippen molar-refractivity contribution < 1.29 is 0 Å². The van der Waals surface area contributed by atoms with Crippen molar-refractivity contribution in [2.45, 2.75) is 0 Å². The van der Waals surface area contributed by atoms with E-state index < -0.39 is 33.1 Å². The van der Waals surface area contributed by atoms with Crippen LogP contribution in [0.2, 0.25) is 0 Å². The Morgan fingerprint density at radius 2 is 1.00 bits per heavy atom. The maximum absolute atomic E-state index is 6.00. The van der Waals surface area contributed by atoms with E-state index >= 15 is 0 Å². The van der Waals surface area contributed by atoms with Crippen LogP contribution in [0.25, 0.3) is 0 Å². The van der Waals surface area contributed by atoms with E-state index in [0.29, 0.717) is 0 Å². The van der Waals surface area contributed by atoms with Gasteiger partial charge in [-0.3, -0.25) is 0 Å². The fourth-order valence-corrected chi connectivity index (χ4v) is 0. The summed E-state index contributed by atoms with van der Waals surface area (Å²) in [6, 6.07) is 0. The van der Waals surface area contributed by atoms with Crippen LogP contribution in [0.4, 0.5) is 0 Å². The summed E-state index contributed by atoms with van der Waals surface area (Å²) in [7, 11) is -12.0. The van der Waals surface area contributed by atoms with E-state index in [1.807, 2.05) is 0 Å². The Hall–Kier alpha value is 1.26. The maximum Gasteiger partial charge on any atom is 0 e. The SMILES string of the molecule is [2H][B-]([2H])([2H])[2H].[2H][B-]([2H])([2H])[2H].[2H][B-]([2H])([2H])[2H].[2H][B-]([2H])([2H])[2H].[Na]. The minimum Gasteiger partial charge on any atom is -0.234 e. The third-order valence-electron chi connectivity index (χ3n) is 0. The van der Waals surface area contributed by atoms with Crippen molar-refractivity contribution in [2.75, 3.05) is 0 Å². The summed E-state index contributed by atoms with van der Waals surface area (Å²) < 4.78 is 96.0. The Kier molecular flexibility index (Phi) is 6.99. The van der Waals surface area contributed by atoms with Gasteiger partial charge in [0, 0.05) is 29.6 Å². The van der Waals surface area contributed by atoms with Crippen molar-refractivity contribution in [1.82, 2.24) is 0 Å². The van der Waals surface area contributed by atoms with Crippen molar-refractivity contribution in [2.24, 2.45) is 0 Å².